The Bertz CT molecular complexity index is 942. The quantitative estimate of drug-likeness (QED) is 0.567. The third-order valence-electron chi connectivity index (χ3n) is 5.27. The molecule has 3 atom stereocenters. The van der Waals surface area contributed by atoms with Crippen LogP contribution in [0, 0.1) is 5.92 Å². The second-order valence-corrected chi connectivity index (χ2v) is 10.2. The Morgan fingerprint density at radius 3 is 2.86 bits per heavy atom. The normalized spacial score (nSPS) is 25.5. The maximum absolute atomic E-state index is 11.1. The molecule has 2 aromatic rings. The maximum atomic E-state index is 11.1. The first-order valence-electron chi connectivity index (χ1n) is 9.03. The molecular weight excluding hydrogens is 483 g/mol. The van der Waals surface area contributed by atoms with Crippen molar-refractivity contribution in [2.45, 2.75) is 42.8 Å². The lowest BCUT2D eigenvalue weighted by Gasteiger charge is -2.32. The van der Waals surface area contributed by atoms with E-state index < -0.39 is 11.7 Å². The van der Waals surface area contributed by atoms with E-state index in [0.717, 1.165) is 38.5 Å². The molecule has 0 spiro atoms. The lowest BCUT2D eigenvalue weighted by atomic mass is 9.82. The first-order chi connectivity index (χ1) is 13.4. The molecule has 2 aliphatic heterocycles. The van der Waals surface area contributed by atoms with Crippen LogP contribution in [0.2, 0.25) is 5.02 Å². The summed E-state index contributed by atoms with van der Waals surface area (Å²) >= 11 is 17.8. The number of pyridine rings is 1. The fraction of sp³-hybridized carbons (Fsp3) is 0.400. The molecule has 0 saturated heterocycles. The summed E-state index contributed by atoms with van der Waals surface area (Å²) in [4.78, 5) is 11.5. The van der Waals surface area contributed by atoms with Crippen LogP contribution in [0.1, 0.15) is 25.5 Å². The minimum atomic E-state index is -0.794. The van der Waals surface area contributed by atoms with E-state index in [0.29, 0.717) is 23.0 Å². The van der Waals surface area contributed by atoms with Gasteiger partial charge in [0.05, 0.1) is 17.5 Å². The molecule has 148 valence electrons. The number of hydrogen-bond acceptors (Lipinski definition) is 5. The van der Waals surface area contributed by atoms with Crippen molar-refractivity contribution in [1.29, 1.82) is 0 Å². The number of hydrogen-bond donors (Lipinski definition) is 1. The van der Waals surface area contributed by atoms with Crippen molar-refractivity contribution in [3.63, 3.8) is 0 Å². The Balaban J connectivity index is 1.66. The van der Waals surface area contributed by atoms with Gasteiger partial charge in [-0.05, 0) is 59.5 Å². The van der Waals surface area contributed by atoms with Crippen LogP contribution >= 0.6 is 50.9 Å². The molecule has 4 nitrogen and oxygen atoms in total. The third kappa shape index (κ3) is 3.94. The van der Waals surface area contributed by atoms with Gasteiger partial charge in [-0.2, -0.15) is 0 Å². The number of aliphatic hydroxyl groups is 1. The fourth-order valence-electron chi connectivity index (χ4n) is 3.73. The van der Waals surface area contributed by atoms with E-state index in [1.54, 1.807) is 11.8 Å². The number of oxime groups is 1. The van der Waals surface area contributed by atoms with Crippen LogP contribution < -0.4 is 0 Å². The summed E-state index contributed by atoms with van der Waals surface area (Å²) in [6.07, 6.45) is 1.25. The zero-order valence-electron chi connectivity index (χ0n) is 15.2. The molecule has 4 rings (SSSR count). The van der Waals surface area contributed by atoms with Crippen molar-refractivity contribution < 1.29 is 9.94 Å². The van der Waals surface area contributed by atoms with Crippen LogP contribution in [0.15, 0.2) is 44.9 Å². The number of rotatable bonds is 3. The summed E-state index contributed by atoms with van der Waals surface area (Å²) in [5, 5.41) is 15.9. The van der Waals surface area contributed by atoms with Crippen molar-refractivity contribution in [1.82, 2.24) is 4.98 Å². The Hall–Kier alpha value is -0.790. The predicted octanol–water partition coefficient (Wildman–Crippen LogP) is 5.91. The Morgan fingerprint density at radius 1 is 1.36 bits per heavy atom. The highest BCUT2D eigenvalue weighted by molar-refractivity contribution is 9.10. The molecule has 0 aliphatic carbocycles. The van der Waals surface area contributed by atoms with E-state index in [9.17, 15) is 5.11 Å². The molecule has 8 heteroatoms. The van der Waals surface area contributed by atoms with Crippen LogP contribution in [0.3, 0.4) is 0 Å². The van der Waals surface area contributed by atoms with Crippen LogP contribution in [-0.2, 0) is 11.3 Å². The smallest absolute Gasteiger partial charge is 0.167 e. The predicted molar refractivity (Wildman–Crippen MR) is 118 cm³/mol. The summed E-state index contributed by atoms with van der Waals surface area (Å²) in [6.45, 7) is 1.86. The van der Waals surface area contributed by atoms with Gasteiger partial charge in [0.2, 0.25) is 0 Å². The second kappa shape index (κ2) is 8.15. The molecular formula is C20H19BrCl2N2O2S. The monoisotopic (exact) mass is 500 g/mol. The lowest BCUT2D eigenvalue weighted by Crippen LogP contribution is -2.45. The van der Waals surface area contributed by atoms with Crippen LogP contribution in [0.5, 0.6) is 0 Å². The molecule has 1 N–H and O–H groups in total. The number of halogens is 3. The van der Waals surface area contributed by atoms with Crippen molar-refractivity contribution in [3.05, 3.63) is 45.5 Å². The van der Waals surface area contributed by atoms with E-state index in [2.05, 4.69) is 27.2 Å². The fourth-order valence-corrected chi connectivity index (χ4v) is 6.07. The number of aliphatic hydroxyl groups excluding tert-OH is 1. The first-order valence-corrected chi connectivity index (χ1v) is 11.6. The molecule has 1 aromatic carbocycles. The van der Waals surface area contributed by atoms with Crippen molar-refractivity contribution >= 4 is 56.1 Å². The van der Waals surface area contributed by atoms with Gasteiger partial charge in [-0.15, -0.1) is 11.8 Å². The van der Waals surface area contributed by atoms with Gasteiger partial charge in [-0.3, -0.25) is 4.98 Å². The van der Waals surface area contributed by atoms with E-state index >= 15 is 0 Å². The molecule has 28 heavy (non-hydrogen) atoms. The van der Waals surface area contributed by atoms with Gasteiger partial charge in [0.25, 0.3) is 0 Å². The highest BCUT2D eigenvalue weighted by atomic mass is 79.9. The molecule has 3 unspecified atom stereocenters. The summed E-state index contributed by atoms with van der Waals surface area (Å²) in [5.41, 5.74) is 1.88. The molecule has 0 fully saturated rings. The molecule has 0 bridgehead atoms. The van der Waals surface area contributed by atoms with Crippen molar-refractivity contribution in [2.24, 2.45) is 11.1 Å². The summed E-state index contributed by atoms with van der Waals surface area (Å²) < 4.78 is 0.914. The van der Waals surface area contributed by atoms with Gasteiger partial charge in [-0.1, -0.05) is 46.6 Å². The van der Waals surface area contributed by atoms with Gasteiger partial charge in [-0.25, -0.2) is 0 Å². The average Bonchev–Trinajstić information content (AvgIpc) is 2.89. The molecule has 0 amide bonds. The summed E-state index contributed by atoms with van der Waals surface area (Å²) in [5.74, 6) is 0.906. The number of benzene rings is 1. The molecule has 1 aromatic heterocycles. The molecule has 0 radical (unpaired) electrons. The number of fused-ring (bicyclic) bond motifs is 1. The van der Waals surface area contributed by atoms with E-state index in [-0.39, 0.29) is 5.92 Å². The average molecular weight is 502 g/mol. The van der Waals surface area contributed by atoms with Gasteiger partial charge in [0, 0.05) is 26.4 Å². The standard InChI is InChI=1S/C20H19BrCl2N2O2S/c1-20(10-17(23)25-27-20)19(26)11-6-7-28-16-9-13(21)18(24-15(16)8-11)12-4-2-3-5-14(12)22/h2-5,9,11,19,26H,6-8,10H2,1H3. The zero-order chi connectivity index (χ0) is 19.9. The Morgan fingerprint density at radius 2 is 2.14 bits per heavy atom. The second-order valence-electron chi connectivity index (χ2n) is 7.34. The molecule has 3 heterocycles. The van der Waals surface area contributed by atoms with E-state index in [4.69, 9.17) is 33.0 Å². The maximum Gasteiger partial charge on any atom is 0.167 e. The van der Waals surface area contributed by atoms with Gasteiger partial charge < -0.3 is 9.94 Å². The highest BCUT2D eigenvalue weighted by Gasteiger charge is 2.45. The van der Waals surface area contributed by atoms with Crippen LogP contribution in [-0.4, -0.2) is 32.7 Å². The SMILES string of the molecule is CC1(C(O)C2CCSc3cc(Br)c(-c4ccccc4Cl)nc3C2)CC(Cl)=NO1. The lowest BCUT2D eigenvalue weighted by molar-refractivity contribution is -0.115. The topological polar surface area (TPSA) is 54.7 Å². The van der Waals surface area contributed by atoms with Crippen molar-refractivity contribution in [3.8, 4) is 11.3 Å². The third-order valence-corrected chi connectivity index (χ3v) is 7.51. The van der Waals surface area contributed by atoms with Crippen LogP contribution in [0.25, 0.3) is 11.3 Å². The van der Waals surface area contributed by atoms with Gasteiger partial charge in [0.15, 0.2) is 5.60 Å². The van der Waals surface area contributed by atoms with E-state index in [1.165, 1.54) is 0 Å². The zero-order valence-corrected chi connectivity index (χ0v) is 19.1. The van der Waals surface area contributed by atoms with Crippen LogP contribution in [0.4, 0.5) is 0 Å². The van der Waals surface area contributed by atoms with E-state index in [1.807, 2.05) is 31.2 Å². The Labute approximate surface area is 186 Å². The molecule has 0 saturated carbocycles. The minimum Gasteiger partial charge on any atom is -0.389 e. The van der Waals surface area contributed by atoms with Gasteiger partial charge >= 0.3 is 0 Å². The number of nitrogens with zero attached hydrogens (tertiary/aromatic N) is 2. The minimum absolute atomic E-state index is 0.00397. The van der Waals surface area contributed by atoms with Gasteiger partial charge in [0.1, 0.15) is 5.17 Å². The Kier molecular flexibility index (Phi) is 5.96. The largest absolute Gasteiger partial charge is 0.389 e. The highest BCUT2D eigenvalue weighted by Crippen LogP contribution is 2.41. The number of aromatic nitrogens is 1. The van der Waals surface area contributed by atoms with Crippen molar-refractivity contribution in [2.75, 3.05) is 5.75 Å². The number of thioether (sulfide) groups is 1. The first kappa shape index (κ1) is 20.5. The molecule has 2 aliphatic rings. The summed E-state index contributed by atoms with van der Waals surface area (Å²) in [7, 11) is 0. The summed E-state index contributed by atoms with van der Waals surface area (Å²) in [6, 6.07) is 9.78.